The van der Waals surface area contributed by atoms with Gasteiger partial charge in [0, 0.05) is 6.08 Å². The second-order valence-corrected chi connectivity index (χ2v) is 2.47. The first-order valence-corrected chi connectivity index (χ1v) is 3.74. The molecule has 0 aromatic rings. The van der Waals surface area contributed by atoms with E-state index in [0.717, 1.165) is 12.8 Å². The first-order chi connectivity index (χ1) is 5.27. The summed E-state index contributed by atoms with van der Waals surface area (Å²) < 4.78 is 9.74. The van der Waals surface area contributed by atoms with E-state index in [-0.39, 0.29) is 12.1 Å². The summed E-state index contributed by atoms with van der Waals surface area (Å²) in [5, 5.41) is 0. The summed E-state index contributed by atoms with van der Waals surface area (Å²) in [5.41, 5.74) is 0. The Morgan fingerprint density at radius 3 is 2.91 bits per heavy atom. The molecular formula is C8H12O3. The van der Waals surface area contributed by atoms with Crippen molar-refractivity contribution >= 4 is 5.97 Å². The number of hydrogen-bond acceptors (Lipinski definition) is 3. The fourth-order valence-corrected chi connectivity index (χ4v) is 1.04. The van der Waals surface area contributed by atoms with Gasteiger partial charge in [-0.15, -0.1) is 0 Å². The van der Waals surface area contributed by atoms with E-state index in [1.165, 1.54) is 7.11 Å². The zero-order valence-corrected chi connectivity index (χ0v) is 6.79. The summed E-state index contributed by atoms with van der Waals surface area (Å²) >= 11 is 0. The molecule has 0 bridgehead atoms. The Morgan fingerprint density at radius 2 is 2.45 bits per heavy atom. The SMILES string of the molecule is CCCC1C=C(OC)C(=O)O1. The smallest absolute Gasteiger partial charge is 0.373 e. The quantitative estimate of drug-likeness (QED) is 0.577. The standard InChI is InChI=1S/C8H12O3/c1-3-4-6-5-7(10-2)8(9)11-6/h5-6H,3-4H2,1-2H3. The van der Waals surface area contributed by atoms with Crippen molar-refractivity contribution < 1.29 is 14.3 Å². The van der Waals surface area contributed by atoms with Gasteiger partial charge in [0.1, 0.15) is 6.10 Å². The number of carbonyl (C=O) groups is 1. The Kier molecular flexibility index (Phi) is 2.52. The molecule has 0 saturated carbocycles. The second kappa shape index (κ2) is 3.42. The lowest BCUT2D eigenvalue weighted by Gasteiger charge is -2.03. The highest BCUT2D eigenvalue weighted by molar-refractivity contribution is 5.88. The molecule has 1 rings (SSSR count). The highest BCUT2D eigenvalue weighted by Gasteiger charge is 2.25. The number of carbonyl (C=O) groups excluding carboxylic acids is 1. The van der Waals surface area contributed by atoms with E-state index in [1.54, 1.807) is 6.08 Å². The van der Waals surface area contributed by atoms with Crippen LogP contribution in [-0.2, 0) is 14.3 Å². The van der Waals surface area contributed by atoms with Crippen molar-refractivity contribution in [3.05, 3.63) is 11.8 Å². The summed E-state index contributed by atoms with van der Waals surface area (Å²) in [6.07, 6.45) is 3.54. The fraction of sp³-hybridized carbons (Fsp3) is 0.625. The Hall–Kier alpha value is -0.990. The summed E-state index contributed by atoms with van der Waals surface area (Å²) in [6.45, 7) is 2.05. The monoisotopic (exact) mass is 156 g/mol. The molecule has 1 aliphatic heterocycles. The molecule has 1 aliphatic rings. The number of methoxy groups -OCH3 is 1. The summed E-state index contributed by atoms with van der Waals surface area (Å²) in [5.74, 6) is -0.00519. The molecule has 1 atom stereocenters. The van der Waals surface area contributed by atoms with Gasteiger partial charge in [0.25, 0.3) is 0 Å². The summed E-state index contributed by atoms with van der Waals surface area (Å²) in [6, 6.07) is 0. The number of ether oxygens (including phenoxy) is 2. The predicted octanol–water partition coefficient (Wildman–Crippen LogP) is 1.24. The van der Waals surface area contributed by atoms with E-state index in [1.807, 2.05) is 6.92 Å². The fourth-order valence-electron chi connectivity index (χ4n) is 1.04. The van der Waals surface area contributed by atoms with Crippen LogP contribution in [0.15, 0.2) is 11.8 Å². The Labute approximate surface area is 66.0 Å². The molecule has 0 aromatic heterocycles. The normalized spacial score (nSPS) is 22.9. The van der Waals surface area contributed by atoms with E-state index >= 15 is 0 Å². The van der Waals surface area contributed by atoms with Crippen LogP contribution in [0, 0.1) is 0 Å². The summed E-state index contributed by atoms with van der Waals surface area (Å²) in [4.78, 5) is 10.9. The molecule has 0 aliphatic carbocycles. The molecule has 11 heavy (non-hydrogen) atoms. The van der Waals surface area contributed by atoms with Crippen LogP contribution in [-0.4, -0.2) is 19.2 Å². The highest BCUT2D eigenvalue weighted by Crippen LogP contribution is 2.17. The van der Waals surface area contributed by atoms with Crippen LogP contribution in [0.3, 0.4) is 0 Å². The lowest BCUT2D eigenvalue weighted by molar-refractivity contribution is -0.142. The molecule has 0 saturated heterocycles. The van der Waals surface area contributed by atoms with Gasteiger partial charge in [-0.1, -0.05) is 13.3 Å². The van der Waals surface area contributed by atoms with Crippen LogP contribution < -0.4 is 0 Å². The molecule has 0 spiro atoms. The predicted molar refractivity (Wildman–Crippen MR) is 39.9 cm³/mol. The Bertz CT molecular complexity index is 184. The second-order valence-electron chi connectivity index (χ2n) is 2.47. The van der Waals surface area contributed by atoms with Crippen molar-refractivity contribution in [1.29, 1.82) is 0 Å². The van der Waals surface area contributed by atoms with Crippen molar-refractivity contribution in [3.63, 3.8) is 0 Å². The van der Waals surface area contributed by atoms with Crippen molar-refractivity contribution in [3.8, 4) is 0 Å². The highest BCUT2D eigenvalue weighted by atomic mass is 16.6. The van der Waals surface area contributed by atoms with Gasteiger partial charge in [-0.05, 0) is 6.42 Å². The van der Waals surface area contributed by atoms with Crippen molar-refractivity contribution in [2.24, 2.45) is 0 Å². The molecule has 0 aromatic carbocycles. The first kappa shape index (κ1) is 8.11. The summed E-state index contributed by atoms with van der Waals surface area (Å²) in [7, 11) is 1.47. The lowest BCUT2D eigenvalue weighted by Crippen LogP contribution is -2.07. The maximum absolute atomic E-state index is 10.9. The van der Waals surface area contributed by atoms with E-state index in [9.17, 15) is 4.79 Å². The zero-order chi connectivity index (χ0) is 8.27. The van der Waals surface area contributed by atoms with Crippen LogP contribution in [0.1, 0.15) is 19.8 Å². The van der Waals surface area contributed by atoms with Crippen LogP contribution in [0.4, 0.5) is 0 Å². The van der Waals surface area contributed by atoms with E-state index in [0.29, 0.717) is 5.76 Å². The van der Waals surface area contributed by atoms with Gasteiger partial charge in [0.15, 0.2) is 0 Å². The number of hydrogen-bond donors (Lipinski definition) is 0. The number of esters is 1. The van der Waals surface area contributed by atoms with Gasteiger partial charge < -0.3 is 9.47 Å². The average Bonchev–Trinajstić information content (AvgIpc) is 2.32. The van der Waals surface area contributed by atoms with E-state index in [4.69, 9.17) is 9.47 Å². The van der Waals surface area contributed by atoms with Crippen LogP contribution in [0.25, 0.3) is 0 Å². The van der Waals surface area contributed by atoms with E-state index < -0.39 is 0 Å². The van der Waals surface area contributed by atoms with Gasteiger partial charge in [-0.2, -0.15) is 0 Å². The molecular weight excluding hydrogens is 144 g/mol. The minimum atomic E-state index is -0.342. The largest absolute Gasteiger partial charge is 0.490 e. The molecule has 0 radical (unpaired) electrons. The number of cyclic esters (lactones) is 1. The van der Waals surface area contributed by atoms with Gasteiger partial charge in [-0.3, -0.25) is 0 Å². The lowest BCUT2D eigenvalue weighted by atomic mass is 10.2. The molecule has 3 heteroatoms. The third-order valence-corrected chi connectivity index (χ3v) is 1.59. The van der Waals surface area contributed by atoms with Crippen molar-refractivity contribution in [1.82, 2.24) is 0 Å². The van der Waals surface area contributed by atoms with Crippen molar-refractivity contribution in [2.75, 3.05) is 7.11 Å². The molecule has 1 unspecified atom stereocenters. The number of rotatable bonds is 3. The zero-order valence-electron chi connectivity index (χ0n) is 6.79. The average molecular weight is 156 g/mol. The molecule has 3 nitrogen and oxygen atoms in total. The minimum absolute atomic E-state index is 0.0672. The molecule has 0 amide bonds. The van der Waals surface area contributed by atoms with Gasteiger partial charge in [0.05, 0.1) is 7.11 Å². The maximum atomic E-state index is 10.9. The maximum Gasteiger partial charge on any atom is 0.373 e. The van der Waals surface area contributed by atoms with Crippen molar-refractivity contribution in [2.45, 2.75) is 25.9 Å². The molecule has 0 N–H and O–H groups in total. The minimum Gasteiger partial charge on any atom is -0.490 e. The molecule has 1 heterocycles. The molecule has 62 valence electrons. The Morgan fingerprint density at radius 1 is 1.73 bits per heavy atom. The van der Waals surface area contributed by atoms with Crippen LogP contribution in [0.5, 0.6) is 0 Å². The van der Waals surface area contributed by atoms with Crippen LogP contribution >= 0.6 is 0 Å². The third-order valence-electron chi connectivity index (χ3n) is 1.59. The third kappa shape index (κ3) is 1.73. The van der Waals surface area contributed by atoms with Gasteiger partial charge in [0.2, 0.25) is 5.76 Å². The Balaban J connectivity index is 2.52. The molecule has 0 fully saturated rings. The topological polar surface area (TPSA) is 35.5 Å². The van der Waals surface area contributed by atoms with Gasteiger partial charge in [-0.25, -0.2) is 4.79 Å². The van der Waals surface area contributed by atoms with E-state index in [2.05, 4.69) is 0 Å². The first-order valence-electron chi connectivity index (χ1n) is 3.74. The van der Waals surface area contributed by atoms with Crippen LogP contribution in [0.2, 0.25) is 0 Å². The van der Waals surface area contributed by atoms with Gasteiger partial charge >= 0.3 is 5.97 Å².